The molecule has 0 saturated heterocycles. The quantitative estimate of drug-likeness (QED) is 0.868. The Balaban J connectivity index is 2.27. The number of hydrogen-bond donors (Lipinski definition) is 2. The molecule has 4 heteroatoms. The summed E-state index contributed by atoms with van der Waals surface area (Å²) >= 11 is 11.9. The fourth-order valence-electron chi connectivity index (χ4n) is 2.61. The van der Waals surface area contributed by atoms with Crippen LogP contribution >= 0.6 is 23.2 Å². The van der Waals surface area contributed by atoms with Gasteiger partial charge in [0.15, 0.2) is 0 Å². The molecule has 2 atom stereocenters. The second-order valence-electron chi connectivity index (χ2n) is 4.86. The molecule has 0 bridgehead atoms. The van der Waals surface area contributed by atoms with E-state index >= 15 is 0 Å². The zero-order valence-corrected chi connectivity index (χ0v) is 11.1. The third-order valence-corrected chi connectivity index (χ3v) is 4.36. The lowest BCUT2D eigenvalue weighted by atomic mass is 9.74. The van der Waals surface area contributed by atoms with E-state index in [0.717, 1.165) is 24.8 Å². The number of halogens is 2. The molecule has 1 aliphatic carbocycles. The van der Waals surface area contributed by atoms with E-state index in [2.05, 4.69) is 0 Å². The lowest BCUT2D eigenvalue weighted by Crippen LogP contribution is -2.35. The summed E-state index contributed by atoms with van der Waals surface area (Å²) in [5.74, 6) is 0.392. The van der Waals surface area contributed by atoms with Crippen molar-refractivity contribution in [1.82, 2.24) is 0 Å². The summed E-state index contributed by atoms with van der Waals surface area (Å²) in [7, 11) is 0. The zero-order chi connectivity index (χ0) is 12.5. The van der Waals surface area contributed by atoms with Crippen molar-refractivity contribution in [1.29, 1.82) is 0 Å². The number of nitrogens with two attached hydrogens (primary N) is 1. The van der Waals surface area contributed by atoms with E-state index in [1.54, 1.807) is 12.1 Å². The summed E-state index contributed by atoms with van der Waals surface area (Å²) in [6, 6.07) is 5.36. The minimum atomic E-state index is -0.795. The second kappa shape index (κ2) is 5.15. The van der Waals surface area contributed by atoms with E-state index in [0.29, 0.717) is 28.9 Å². The van der Waals surface area contributed by atoms with Crippen LogP contribution in [0.1, 0.15) is 31.2 Å². The van der Waals surface area contributed by atoms with Gasteiger partial charge in [0.25, 0.3) is 0 Å². The first kappa shape index (κ1) is 13.2. The number of rotatable bonds is 2. The standard InChI is InChI=1S/C13H17Cl2NO/c14-11-4-3-10(6-12(11)15)13(17)5-1-2-9(7-13)8-16/h3-4,6,9,17H,1-2,5,7-8,16H2. The smallest absolute Gasteiger partial charge is 0.0900 e. The van der Waals surface area contributed by atoms with Crippen LogP contribution < -0.4 is 5.73 Å². The first-order valence-corrected chi connectivity index (χ1v) is 6.69. The van der Waals surface area contributed by atoms with Gasteiger partial charge in [-0.3, -0.25) is 0 Å². The van der Waals surface area contributed by atoms with Gasteiger partial charge in [-0.15, -0.1) is 0 Å². The van der Waals surface area contributed by atoms with E-state index in [1.807, 2.05) is 6.07 Å². The summed E-state index contributed by atoms with van der Waals surface area (Å²) < 4.78 is 0. The van der Waals surface area contributed by atoms with Crippen LogP contribution in [0.3, 0.4) is 0 Å². The van der Waals surface area contributed by atoms with Crippen molar-refractivity contribution in [3.63, 3.8) is 0 Å². The summed E-state index contributed by atoms with van der Waals surface area (Å²) in [6.45, 7) is 0.629. The Morgan fingerprint density at radius 1 is 1.35 bits per heavy atom. The summed E-state index contributed by atoms with van der Waals surface area (Å²) in [5.41, 5.74) is 5.75. The van der Waals surface area contributed by atoms with E-state index in [1.165, 1.54) is 0 Å². The van der Waals surface area contributed by atoms with Crippen LogP contribution in [0.5, 0.6) is 0 Å². The van der Waals surface area contributed by atoms with Crippen LogP contribution in [0.4, 0.5) is 0 Å². The van der Waals surface area contributed by atoms with Crippen LogP contribution in [-0.2, 0) is 5.60 Å². The lowest BCUT2D eigenvalue weighted by Gasteiger charge is -2.37. The van der Waals surface area contributed by atoms with E-state index in [-0.39, 0.29) is 0 Å². The predicted molar refractivity (Wildman–Crippen MR) is 71.4 cm³/mol. The number of aliphatic hydroxyl groups is 1. The van der Waals surface area contributed by atoms with Crippen LogP contribution in [0.25, 0.3) is 0 Å². The second-order valence-corrected chi connectivity index (χ2v) is 5.67. The molecule has 0 radical (unpaired) electrons. The largest absolute Gasteiger partial charge is 0.385 e. The number of hydrogen-bond acceptors (Lipinski definition) is 2. The molecule has 1 aromatic carbocycles. The first-order valence-electron chi connectivity index (χ1n) is 5.93. The molecule has 0 aromatic heterocycles. The van der Waals surface area contributed by atoms with Gasteiger partial charge in [0.2, 0.25) is 0 Å². The molecule has 0 spiro atoms. The van der Waals surface area contributed by atoms with Gasteiger partial charge in [0, 0.05) is 0 Å². The Morgan fingerprint density at radius 3 is 2.76 bits per heavy atom. The maximum absolute atomic E-state index is 10.7. The highest BCUT2D eigenvalue weighted by molar-refractivity contribution is 6.42. The monoisotopic (exact) mass is 273 g/mol. The van der Waals surface area contributed by atoms with Gasteiger partial charge in [-0.1, -0.05) is 29.3 Å². The van der Waals surface area contributed by atoms with Crippen molar-refractivity contribution in [2.45, 2.75) is 31.3 Å². The molecular formula is C13H17Cl2NO. The van der Waals surface area contributed by atoms with Crippen molar-refractivity contribution >= 4 is 23.2 Å². The predicted octanol–water partition coefficient (Wildman–Crippen LogP) is 3.33. The lowest BCUT2D eigenvalue weighted by molar-refractivity contribution is -0.0195. The molecule has 94 valence electrons. The Morgan fingerprint density at radius 2 is 2.12 bits per heavy atom. The Labute approximate surface area is 112 Å². The molecule has 1 aromatic rings. The van der Waals surface area contributed by atoms with Crippen molar-refractivity contribution in [3.05, 3.63) is 33.8 Å². The van der Waals surface area contributed by atoms with Gasteiger partial charge in [-0.05, 0) is 55.8 Å². The summed E-state index contributed by atoms with van der Waals surface area (Å²) in [6.07, 6.45) is 3.57. The van der Waals surface area contributed by atoms with Crippen molar-refractivity contribution < 1.29 is 5.11 Å². The average Bonchev–Trinajstić information content (AvgIpc) is 2.32. The van der Waals surface area contributed by atoms with Crippen LogP contribution in [-0.4, -0.2) is 11.7 Å². The van der Waals surface area contributed by atoms with Gasteiger partial charge in [-0.25, -0.2) is 0 Å². The van der Waals surface area contributed by atoms with Gasteiger partial charge in [0.05, 0.1) is 15.6 Å². The molecule has 2 rings (SSSR count). The third-order valence-electron chi connectivity index (χ3n) is 3.62. The van der Waals surface area contributed by atoms with Gasteiger partial charge < -0.3 is 10.8 Å². The molecule has 0 amide bonds. The molecule has 1 fully saturated rings. The maximum Gasteiger partial charge on any atom is 0.0900 e. The van der Waals surface area contributed by atoms with Crippen LogP contribution in [0, 0.1) is 5.92 Å². The molecule has 17 heavy (non-hydrogen) atoms. The highest BCUT2D eigenvalue weighted by Crippen LogP contribution is 2.41. The van der Waals surface area contributed by atoms with Gasteiger partial charge in [-0.2, -0.15) is 0 Å². The highest BCUT2D eigenvalue weighted by Gasteiger charge is 2.35. The zero-order valence-electron chi connectivity index (χ0n) is 9.63. The minimum absolute atomic E-state index is 0.392. The molecule has 1 saturated carbocycles. The molecule has 3 N–H and O–H groups in total. The Kier molecular flexibility index (Phi) is 3.99. The maximum atomic E-state index is 10.7. The summed E-state index contributed by atoms with van der Waals surface area (Å²) in [4.78, 5) is 0. The highest BCUT2D eigenvalue weighted by atomic mass is 35.5. The fraction of sp³-hybridized carbons (Fsp3) is 0.538. The Hall–Kier alpha value is -0.280. The normalized spacial score (nSPS) is 29.3. The minimum Gasteiger partial charge on any atom is -0.385 e. The van der Waals surface area contributed by atoms with E-state index < -0.39 is 5.60 Å². The van der Waals surface area contributed by atoms with Crippen LogP contribution in [0.2, 0.25) is 10.0 Å². The molecule has 0 heterocycles. The van der Waals surface area contributed by atoms with Crippen LogP contribution in [0.15, 0.2) is 18.2 Å². The first-order chi connectivity index (χ1) is 8.05. The van der Waals surface area contributed by atoms with E-state index in [9.17, 15) is 5.11 Å². The van der Waals surface area contributed by atoms with Crippen molar-refractivity contribution in [3.8, 4) is 0 Å². The molecule has 0 aliphatic heterocycles. The third kappa shape index (κ3) is 2.76. The Bertz CT molecular complexity index is 410. The van der Waals surface area contributed by atoms with Crippen molar-refractivity contribution in [2.75, 3.05) is 6.54 Å². The SMILES string of the molecule is NCC1CCCC(O)(c2ccc(Cl)c(Cl)c2)C1. The van der Waals surface area contributed by atoms with Gasteiger partial charge in [0.1, 0.15) is 0 Å². The topological polar surface area (TPSA) is 46.2 Å². The van der Waals surface area contributed by atoms with E-state index in [4.69, 9.17) is 28.9 Å². The average molecular weight is 274 g/mol. The molecule has 1 aliphatic rings. The van der Waals surface area contributed by atoms with Gasteiger partial charge >= 0.3 is 0 Å². The molecule has 2 nitrogen and oxygen atoms in total. The molecule has 2 unspecified atom stereocenters. The number of benzene rings is 1. The summed E-state index contributed by atoms with van der Waals surface area (Å²) in [5, 5.41) is 11.7. The molecular weight excluding hydrogens is 257 g/mol. The fourth-order valence-corrected chi connectivity index (χ4v) is 2.91. The van der Waals surface area contributed by atoms with Crippen molar-refractivity contribution in [2.24, 2.45) is 11.7 Å².